The van der Waals surface area contributed by atoms with Crippen LogP contribution in [0.5, 0.6) is 5.88 Å². The van der Waals surface area contributed by atoms with E-state index in [-0.39, 0.29) is 35.7 Å². The number of hydrogen-bond acceptors (Lipinski definition) is 5. The van der Waals surface area contributed by atoms with Gasteiger partial charge in [-0.05, 0) is 18.6 Å². The summed E-state index contributed by atoms with van der Waals surface area (Å²) in [6, 6.07) is 2.84. The van der Waals surface area contributed by atoms with E-state index >= 15 is 0 Å². The summed E-state index contributed by atoms with van der Waals surface area (Å²) in [7, 11) is 0. The number of rotatable bonds is 4. The van der Waals surface area contributed by atoms with Gasteiger partial charge in [0.15, 0.2) is 5.65 Å². The highest BCUT2D eigenvalue weighted by molar-refractivity contribution is 5.75. The van der Waals surface area contributed by atoms with E-state index in [0.717, 1.165) is 0 Å². The van der Waals surface area contributed by atoms with Crippen LogP contribution in [0.1, 0.15) is 18.7 Å². The molecule has 0 unspecified atom stereocenters. The van der Waals surface area contributed by atoms with Gasteiger partial charge >= 0.3 is 12.4 Å². The molecule has 3 heterocycles. The lowest BCUT2D eigenvalue weighted by molar-refractivity contribution is -0.145. The molecule has 12 heteroatoms. The molecular weight excluding hydrogens is 356 g/mol. The normalized spacial score (nSPS) is 12.9. The van der Waals surface area contributed by atoms with Crippen molar-refractivity contribution in [3.05, 3.63) is 24.2 Å². The average molecular weight is 365 g/mol. The van der Waals surface area contributed by atoms with Crippen molar-refractivity contribution in [1.29, 1.82) is 0 Å². The second-order valence-corrected chi connectivity index (χ2v) is 5.01. The molecule has 3 rings (SSSR count). The quantitative estimate of drug-likeness (QED) is 0.524. The van der Waals surface area contributed by atoms with Crippen molar-refractivity contribution in [2.75, 3.05) is 6.61 Å². The maximum absolute atomic E-state index is 13.1. The third-order valence-corrected chi connectivity index (χ3v) is 3.15. The van der Waals surface area contributed by atoms with Gasteiger partial charge in [-0.1, -0.05) is 0 Å². The fraction of sp³-hybridized carbons (Fsp3) is 0.385. The first-order chi connectivity index (χ1) is 11.7. The number of alkyl halides is 6. The molecule has 0 amide bonds. The fourth-order valence-corrected chi connectivity index (χ4v) is 2.15. The molecule has 0 atom stereocenters. The first-order valence-corrected chi connectivity index (χ1v) is 6.93. The van der Waals surface area contributed by atoms with E-state index < -0.39 is 24.6 Å². The van der Waals surface area contributed by atoms with E-state index in [0.29, 0.717) is 4.40 Å². The number of halogens is 6. The van der Waals surface area contributed by atoms with Crippen LogP contribution in [-0.4, -0.2) is 37.3 Å². The van der Waals surface area contributed by atoms with Crippen molar-refractivity contribution in [2.45, 2.75) is 25.2 Å². The minimum Gasteiger partial charge on any atom is -0.475 e. The summed E-state index contributed by atoms with van der Waals surface area (Å²) in [4.78, 5) is 7.82. The molecule has 0 bridgehead atoms. The second kappa shape index (κ2) is 6.01. The molecule has 25 heavy (non-hydrogen) atoms. The molecule has 0 N–H and O–H groups in total. The molecule has 3 aromatic heterocycles. The monoisotopic (exact) mass is 365 g/mol. The first kappa shape index (κ1) is 17.2. The third-order valence-electron chi connectivity index (χ3n) is 3.15. The minimum absolute atomic E-state index is 0.0612. The highest BCUT2D eigenvalue weighted by Crippen LogP contribution is 2.31. The molecule has 0 saturated carbocycles. The van der Waals surface area contributed by atoms with Gasteiger partial charge in [0.1, 0.15) is 5.52 Å². The Morgan fingerprint density at radius 2 is 1.80 bits per heavy atom. The van der Waals surface area contributed by atoms with Gasteiger partial charge in [-0.25, -0.2) is 14.4 Å². The van der Waals surface area contributed by atoms with E-state index in [1.807, 2.05) is 0 Å². The van der Waals surface area contributed by atoms with Crippen molar-refractivity contribution >= 4 is 16.8 Å². The number of hydrogen-bond donors (Lipinski definition) is 0. The molecule has 3 aromatic rings. The predicted molar refractivity (Wildman–Crippen MR) is 71.9 cm³/mol. The van der Waals surface area contributed by atoms with Crippen LogP contribution in [0.15, 0.2) is 18.3 Å². The van der Waals surface area contributed by atoms with Crippen LogP contribution in [0.2, 0.25) is 0 Å². The Kier molecular flexibility index (Phi) is 4.13. The first-order valence-electron chi connectivity index (χ1n) is 6.93. The predicted octanol–water partition coefficient (Wildman–Crippen LogP) is 3.41. The Balaban J connectivity index is 2.02. The molecule has 0 aliphatic carbocycles. The van der Waals surface area contributed by atoms with Crippen molar-refractivity contribution in [3.63, 3.8) is 0 Å². The van der Waals surface area contributed by atoms with Crippen molar-refractivity contribution < 1.29 is 31.1 Å². The van der Waals surface area contributed by atoms with Crippen molar-refractivity contribution in [3.8, 4) is 5.88 Å². The lowest BCUT2D eigenvalue weighted by Crippen LogP contribution is -2.13. The summed E-state index contributed by atoms with van der Waals surface area (Å²) in [5.74, 6) is -1.67. The maximum Gasteiger partial charge on any atom is 0.452 e. The Labute approximate surface area is 135 Å². The summed E-state index contributed by atoms with van der Waals surface area (Å²) in [5, 5.41) is 6.50. The molecule has 0 radical (unpaired) electrons. The van der Waals surface area contributed by atoms with E-state index in [2.05, 4.69) is 20.2 Å². The lowest BCUT2D eigenvalue weighted by Gasteiger charge is -2.10. The Bertz CT molecular complexity index is 903. The number of pyridine rings is 1. The molecule has 6 nitrogen and oxygen atoms in total. The van der Waals surface area contributed by atoms with Gasteiger partial charge in [-0.15, -0.1) is 10.2 Å². The van der Waals surface area contributed by atoms with Crippen molar-refractivity contribution in [1.82, 2.24) is 24.6 Å². The maximum atomic E-state index is 13.1. The van der Waals surface area contributed by atoms with Gasteiger partial charge in [-0.2, -0.15) is 26.3 Å². The number of ether oxygens (including phenoxy) is 1. The van der Waals surface area contributed by atoms with Crippen LogP contribution in [0.25, 0.3) is 16.8 Å². The van der Waals surface area contributed by atoms with E-state index in [4.69, 9.17) is 4.74 Å². The zero-order chi connectivity index (χ0) is 18.2. The van der Waals surface area contributed by atoms with E-state index in [1.54, 1.807) is 0 Å². The molecule has 134 valence electrons. The van der Waals surface area contributed by atoms with Crippen LogP contribution >= 0.6 is 0 Å². The van der Waals surface area contributed by atoms with Crippen LogP contribution < -0.4 is 4.74 Å². The molecule has 0 saturated heterocycles. The van der Waals surface area contributed by atoms with Gasteiger partial charge < -0.3 is 4.74 Å². The van der Waals surface area contributed by atoms with Gasteiger partial charge in [0.25, 0.3) is 5.88 Å². The minimum atomic E-state index is -4.81. The summed E-state index contributed by atoms with van der Waals surface area (Å²) in [6.07, 6.45) is -9.34. The zero-order valence-electron chi connectivity index (χ0n) is 12.3. The second-order valence-electron chi connectivity index (χ2n) is 5.01. The highest BCUT2D eigenvalue weighted by atomic mass is 19.4. The highest BCUT2D eigenvalue weighted by Gasteiger charge is 2.38. The largest absolute Gasteiger partial charge is 0.475 e. The number of fused-ring (bicyclic) bond motifs is 3. The molecule has 0 fully saturated rings. The van der Waals surface area contributed by atoms with Crippen molar-refractivity contribution in [2.24, 2.45) is 0 Å². The molecule has 0 aromatic carbocycles. The van der Waals surface area contributed by atoms with Crippen LogP contribution in [0, 0.1) is 0 Å². The van der Waals surface area contributed by atoms with Gasteiger partial charge in [0.2, 0.25) is 11.5 Å². The molecule has 0 spiro atoms. The van der Waals surface area contributed by atoms with Crippen LogP contribution in [-0.2, 0) is 6.18 Å². The number of nitrogens with zero attached hydrogens (tertiary/aromatic N) is 5. The Morgan fingerprint density at radius 1 is 1.04 bits per heavy atom. The van der Waals surface area contributed by atoms with E-state index in [1.165, 1.54) is 18.3 Å². The molecular formula is C13H9F6N5O. The molecule has 0 aliphatic heterocycles. The van der Waals surface area contributed by atoms with Gasteiger partial charge in [-0.3, -0.25) is 0 Å². The lowest BCUT2D eigenvalue weighted by atomic mass is 10.3. The fourth-order valence-electron chi connectivity index (χ4n) is 2.15. The average Bonchev–Trinajstić information content (AvgIpc) is 2.96. The number of aromatic nitrogens is 5. The summed E-state index contributed by atoms with van der Waals surface area (Å²) >= 11 is 0. The summed E-state index contributed by atoms with van der Waals surface area (Å²) in [5.41, 5.74) is -0.450. The van der Waals surface area contributed by atoms with E-state index in [9.17, 15) is 26.3 Å². The summed E-state index contributed by atoms with van der Waals surface area (Å²) < 4.78 is 81.5. The van der Waals surface area contributed by atoms with Gasteiger partial charge in [0, 0.05) is 12.6 Å². The van der Waals surface area contributed by atoms with Crippen LogP contribution in [0.3, 0.4) is 0 Å². The smallest absolute Gasteiger partial charge is 0.452 e. The van der Waals surface area contributed by atoms with Gasteiger partial charge in [0.05, 0.1) is 6.61 Å². The Morgan fingerprint density at radius 3 is 2.48 bits per heavy atom. The summed E-state index contributed by atoms with van der Waals surface area (Å²) in [6.45, 7) is -0.387. The SMILES string of the molecule is FC(F)(F)CCCOc1nc2cccnc2n2c(C(F)(F)F)nnc12. The topological polar surface area (TPSA) is 65.2 Å². The standard InChI is InChI=1S/C13H9F6N5O/c14-12(15,16)4-2-6-25-10-9-22-23-11(13(17,18)19)24(9)8-7(21-10)3-1-5-20-8/h1,3,5H,2,4,6H2. The van der Waals surface area contributed by atoms with Crippen LogP contribution in [0.4, 0.5) is 26.3 Å². The zero-order valence-corrected chi connectivity index (χ0v) is 12.3. The third kappa shape index (κ3) is 3.56. The Hall–Kier alpha value is -2.66. The molecule has 0 aliphatic rings.